The highest BCUT2D eigenvalue weighted by Gasteiger charge is 2.16. The highest BCUT2D eigenvalue weighted by atomic mass is 32.1. The van der Waals surface area contributed by atoms with E-state index in [-0.39, 0.29) is 0 Å². The fraction of sp³-hybridized carbons (Fsp3) is 0. The number of rotatable bonds is 4. The minimum atomic E-state index is 0.941. The maximum absolute atomic E-state index is 4.75. The molecule has 0 saturated heterocycles. The molecule has 2 heterocycles. The zero-order valence-corrected chi connectivity index (χ0v) is 29.4. The Morgan fingerprint density at radius 3 is 1.58 bits per heavy atom. The lowest BCUT2D eigenvalue weighted by molar-refractivity contribution is 1.31. The highest BCUT2D eigenvalue weighted by molar-refractivity contribution is 7.26. The van der Waals surface area contributed by atoms with Crippen LogP contribution in [0.15, 0.2) is 182 Å². The summed E-state index contributed by atoms with van der Waals surface area (Å²) < 4.78 is 2.67. The molecule has 11 rings (SSSR count). The monoisotopic (exact) mass is 690 g/mol. The van der Waals surface area contributed by atoms with E-state index in [0.29, 0.717) is 0 Å². The van der Waals surface area contributed by atoms with E-state index in [4.69, 9.17) is 9.97 Å². The Morgan fingerprint density at radius 2 is 0.830 bits per heavy atom. The first kappa shape index (κ1) is 30.0. The van der Waals surface area contributed by atoms with Crippen molar-refractivity contribution in [2.75, 3.05) is 0 Å². The second-order valence-corrected chi connectivity index (χ2v) is 14.8. The first-order valence-electron chi connectivity index (χ1n) is 18.0. The van der Waals surface area contributed by atoms with Gasteiger partial charge >= 0.3 is 0 Å². The van der Waals surface area contributed by atoms with Gasteiger partial charge in [-0.05, 0) is 84.8 Å². The Bertz CT molecular complexity index is 3210. The summed E-state index contributed by atoms with van der Waals surface area (Å²) in [4.78, 5) is 9.45. The average Bonchev–Trinajstić information content (AvgIpc) is 3.62. The van der Waals surface area contributed by atoms with E-state index in [1.165, 1.54) is 86.2 Å². The van der Waals surface area contributed by atoms with Crippen molar-refractivity contribution in [3.63, 3.8) is 0 Å². The van der Waals surface area contributed by atoms with Gasteiger partial charge in [-0.25, -0.2) is 0 Å². The van der Waals surface area contributed by atoms with Crippen LogP contribution in [0.3, 0.4) is 0 Å². The van der Waals surface area contributed by atoms with Gasteiger partial charge < -0.3 is 0 Å². The fourth-order valence-corrected chi connectivity index (χ4v) is 9.53. The molecule has 0 radical (unpaired) electrons. The molecule has 0 aliphatic carbocycles. The summed E-state index contributed by atoms with van der Waals surface area (Å²) in [7, 11) is 0. The molecule has 0 aliphatic rings. The van der Waals surface area contributed by atoms with Crippen molar-refractivity contribution < 1.29 is 0 Å². The first-order chi connectivity index (χ1) is 26.3. The van der Waals surface area contributed by atoms with Crippen LogP contribution in [0.4, 0.5) is 0 Å². The molecule has 0 atom stereocenters. The normalized spacial score (nSPS) is 11.8. The summed E-state index contributed by atoms with van der Waals surface area (Å²) in [5.74, 6) is 0. The zero-order chi connectivity index (χ0) is 34.9. The molecule has 0 saturated carbocycles. The number of hydrogen-bond acceptors (Lipinski definition) is 3. The number of benzene rings is 9. The Balaban J connectivity index is 1.01. The van der Waals surface area contributed by atoms with Crippen LogP contribution in [-0.2, 0) is 0 Å². The standard InChI is InChI=1S/C50H30N2S/c1-2-15-38-37(14-1)36(24-25-40(38)44-19-9-20-45-41-17-5-6-21-47(41)53-50(44)45)35-13-8-12-33(29-35)31-10-7-11-32(28-31)34-22-23-43-46(30-34)39-16-3-4-18-42(39)48-49(43)52-27-26-51-48/h1-30H. The van der Waals surface area contributed by atoms with Crippen LogP contribution in [0.2, 0.25) is 0 Å². The van der Waals surface area contributed by atoms with Crippen molar-refractivity contribution in [1.82, 2.24) is 9.97 Å². The smallest absolute Gasteiger partial charge is 0.0971 e. The molecule has 0 fully saturated rings. The summed E-state index contributed by atoms with van der Waals surface area (Å²) >= 11 is 1.89. The van der Waals surface area contributed by atoms with Crippen LogP contribution in [-0.4, -0.2) is 9.97 Å². The van der Waals surface area contributed by atoms with Gasteiger partial charge in [-0.2, -0.15) is 0 Å². The quantitative estimate of drug-likeness (QED) is 0.172. The lowest BCUT2D eigenvalue weighted by Crippen LogP contribution is -1.89. The second kappa shape index (κ2) is 11.9. The Labute approximate surface area is 310 Å². The van der Waals surface area contributed by atoms with E-state index in [0.717, 1.165) is 21.8 Å². The predicted molar refractivity (Wildman–Crippen MR) is 227 cm³/mol. The lowest BCUT2D eigenvalue weighted by Gasteiger charge is -2.14. The minimum Gasteiger partial charge on any atom is -0.252 e. The van der Waals surface area contributed by atoms with Crippen molar-refractivity contribution in [3.05, 3.63) is 182 Å². The van der Waals surface area contributed by atoms with E-state index >= 15 is 0 Å². The summed E-state index contributed by atoms with van der Waals surface area (Å²) in [5.41, 5.74) is 11.6. The lowest BCUT2D eigenvalue weighted by atomic mass is 9.90. The molecule has 9 aromatic carbocycles. The van der Waals surface area contributed by atoms with E-state index in [1.54, 1.807) is 12.4 Å². The zero-order valence-electron chi connectivity index (χ0n) is 28.6. The molecule has 0 bridgehead atoms. The van der Waals surface area contributed by atoms with Gasteiger partial charge in [0.15, 0.2) is 0 Å². The summed E-state index contributed by atoms with van der Waals surface area (Å²) in [6.45, 7) is 0. The van der Waals surface area contributed by atoms with Gasteiger partial charge in [0.05, 0.1) is 11.0 Å². The van der Waals surface area contributed by atoms with Crippen molar-refractivity contribution in [1.29, 1.82) is 0 Å². The fourth-order valence-electron chi connectivity index (χ4n) is 8.30. The van der Waals surface area contributed by atoms with Gasteiger partial charge in [-0.3, -0.25) is 9.97 Å². The number of thiophene rings is 1. The van der Waals surface area contributed by atoms with Crippen LogP contribution < -0.4 is 0 Å². The summed E-state index contributed by atoms with van der Waals surface area (Å²) in [6, 6.07) is 62.1. The van der Waals surface area contributed by atoms with Crippen molar-refractivity contribution in [2.45, 2.75) is 0 Å². The van der Waals surface area contributed by atoms with Gasteiger partial charge in [-0.1, -0.05) is 146 Å². The second-order valence-electron chi connectivity index (χ2n) is 13.7. The van der Waals surface area contributed by atoms with Crippen LogP contribution >= 0.6 is 11.3 Å². The predicted octanol–water partition coefficient (Wildman–Crippen LogP) is 14.1. The molecule has 2 aromatic heterocycles. The van der Waals surface area contributed by atoms with Gasteiger partial charge in [0.25, 0.3) is 0 Å². The largest absolute Gasteiger partial charge is 0.252 e. The number of fused-ring (bicyclic) bond motifs is 10. The maximum atomic E-state index is 4.75. The SMILES string of the molecule is c1cc(-c2cccc(-c3ccc(-c4cccc5c4sc4ccccc45)c4ccccc34)c2)cc(-c2ccc3c(c2)c2ccccc2c2nccnc32)c1. The molecule has 3 heteroatoms. The van der Waals surface area contributed by atoms with Gasteiger partial charge in [-0.15, -0.1) is 11.3 Å². The molecule has 11 aromatic rings. The van der Waals surface area contributed by atoms with E-state index in [9.17, 15) is 0 Å². The molecule has 0 N–H and O–H groups in total. The number of hydrogen-bond donors (Lipinski definition) is 0. The molecule has 0 amide bonds. The van der Waals surface area contributed by atoms with Gasteiger partial charge in [0, 0.05) is 48.9 Å². The Kier molecular flexibility index (Phi) is 6.76. The summed E-state index contributed by atoms with van der Waals surface area (Å²) in [6.07, 6.45) is 3.56. The molecule has 53 heavy (non-hydrogen) atoms. The van der Waals surface area contributed by atoms with Gasteiger partial charge in [0.2, 0.25) is 0 Å². The Hall–Kier alpha value is -6.68. The van der Waals surface area contributed by atoms with Crippen molar-refractivity contribution >= 4 is 74.9 Å². The van der Waals surface area contributed by atoms with Crippen LogP contribution in [0.1, 0.15) is 0 Å². The maximum Gasteiger partial charge on any atom is 0.0971 e. The molecule has 0 unspecified atom stereocenters. The third-order valence-electron chi connectivity index (χ3n) is 10.8. The van der Waals surface area contributed by atoms with Crippen molar-refractivity contribution in [3.8, 4) is 44.5 Å². The highest BCUT2D eigenvalue weighted by Crippen LogP contribution is 2.44. The van der Waals surface area contributed by atoms with E-state index in [2.05, 4.69) is 170 Å². The first-order valence-corrected chi connectivity index (χ1v) is 18.8. The molecular formula is C50H30N2S. The van der Waals surface area contributed by atoms with Crippen LogP contribution in [0.25, 0.3) is 108 Å². The number of nitrogens with zero attached hydrogens (tertiary/aromatic N) is 2. The Morgan fingerprint density at radius 1 is 0.302 bits per heavy atom. The van der Waals surface area contributed by atoms with E-state index < -0.39 is 0 Å². The molecule has 246 valence electrons. The van der Waals surface area contributed by atoms with Crippen LogP contribution in [0.5, 0.6) is 0 Å². The average molecular weight is 691 g/mol. The van der Waals surface area contributed by atoms with Crippen molar-refractivity contribution in [2.24, 2.45) is 0 Å². The summed E-state index contributed by atoms with van der Waals surface area (Å²) in [5, 5.41) is 9.82. The molecule has 2 nitrogen and oxygen atoms in total. The van der Waals surface area contributed by atoms with E-state index in [1.807, 2.05) is 11.3 Å². The minimum absolute atomic E-state index is 0.941. The van der Waals surface area contributed by atoms with Crippen LogP contribution in [0, 0.1) is 0 Å². The molecule has 0 aliphatic heterocycles. The third kappa shape index (κ3) is 4.78. The number of aromatic nitrogens is 2. The molecular weight excluding hydrogens is 661 g/mol. The van der Waals surface area contributed by atoms with Gasteiger partial charge in [0.1, 0.15) is 0 Å². The topological polar surface area (TPSA) is 25.8 Å². The molecule has 0 spiro atoms. The third-order valence-corrected chi connectivity index (χ3v) is 12.0.